The van der Waals surface area contributed by atoms with E-state index >= 15 is 0 Å². The first-order chi connectivity index (χ1) is 8.38. The maximum absolute atomic E-state index is 11.5. The number of halogens is 1. The standard InChI is InChI=1S/C12H19BrN2O3/c1-5-12(17,6-2)7-15-8(3)9(13)10(14-15)11(16)18-4/h17H,5-7H2,1-4H3. The maximum atomic E-state index is 11.5. The molecule has 0 amide bonds. The predicted octanol–water partition coefficient (Wildman–Crippen LogP) is 2.29. The van der Waals surface area contributed by atoms with Gasteiger partial charge in [-0.25, -0.2) is 4.79 Å². The minimum Gasteiger partial charge on any atom is -0.464 e. The number of methoxy groups -OCH3 is 1. The second-order valence-electron chi connectivity index (χ2n) is 4.33. The quantitative estimate of drug-likeness (QED) is 0.846. The molecule has 5 nitrogen and oxygen atoms in total. The first kappa shape index (κ1) is 15.2. The van der Waals surface area contributed by atoms with Crippen LogP contribution < -0.4 is 0 Å². The zero-order valence-electron chi connectivity index (χ0n) is 11.2. The lowest BCUT2D eigenvalue weighted by molar-refractivity contribution is 0.0110. The van der Waals surface area contributed by atoms with Gasteiger partial charge < -0.3 is 9.84 Å². The summed E-state index contributed by atoms with van der Waals surface area (Å²) in [4.78, 5) is 11.5. The minimum absolute atomic E-state index is 0.240. The van der Waals surface area contributed by atoms with E-state index in [1.54, 1.807) is 4.68 Å². The van der Waals surface area contributed by atoms with Crippen molar-refractivity contribution in [2.45, 2.75) is 45.8 Å². The van der Waals surface area contributed by atoms with Gasteiger partial charge in [0.05, 0.1) is 29.4 Å². The van der Waals surface area contributed by atoms with Crippen LogP contribution in [0.1, 0.15) is 42.9 Å². The highest BCUT2D eigenvalue weighted by Crippen LogP contribution is 2.25. The van der Waals surface area contributed by atoms with Gasteiger partial charge in [-0.3, -0.25) is 4.68 Å². The molecule has 0 aliphatic heterocycles. The zero-order chi connectivity index (χ0) is 13.9. The SMILES string of the molecule is CCC(O)(CC)Cn1nc(C(=O)OC)c(Br)c1C. The van der Waals surface area contributed by atoms with E-state index in [1.807, 2.05) is 20.8 Å². The summed E-state index contributed by atoms with van der Waals surface area (Å²) >= 11 is 3.33. The Morgan fingerprint density at radius 2 is 2.06 bits per heavy atom. The summed E-state index contributed by atoms with van der Waals surface area (Å²) < 4.78 is 6.92. The summed E-state index contributed by atoms with van der Waals surface area (Å²) in [6.07, 6.45) is 1.27. The molecule has 0 unspecified atom stereocenters. The minimum atomic E-state index is -0.802. The molecular weight excluding hydrogens is 300 g/mol. The van der Waals surface area contributed by atoms with Crippen molar-refractivity contribution < 1.29 is 14.6 Å². The van der Waals surface area contributed by atoms with E-state index in [0.29, 0.717) is 23.9 Å². The number of carbonyl (C=O) groups excluding carboxylic acids is 1. The van der Waals surface area contributed by atoms with Gasteiger partial charge in [0.2, 0.25) is 0 Å². The molecule has 0 saturated carbocycles. The Labute approximate surface area is 115 Å². The Balaban J connectivity index is 3.08. The van der Waals surface area contributed by atoms with Crippen LogP contribution in [-0.4, -0.2) is 33.6 Å². The molecule has 1 aromatic heterocycles. The van der Waals surface area contributed by atoms with Gasteiger partial charge in [0.25, 0.3) is 0 Å². The molecule has 0 aliphatic rings. The van der Waals surface area contributed by atoms with E-state index < -0.39 is 11.6 Å². The largest absolute Gasteiger partial charge is 0.464 e. The topological polar surface area (TPSA) is 64.3 Å². The number of carbonyl (C=O) groups is 1. The Kier molecular flexibility index (Phi) is 4.92. The number of hydrogen-bond acceptors (Lipinski definition) is 4. The molecule has 0 spiro atoms. The zero-order valence-corrected chi connectivity index (χ0v) is 12.7. The lowest BCUT2D eigenvalue weighted by atomic mass is 9.98. The lowest BCUT2D eigenvalue weighted by Gasteiger charge is -2.25. The van der Waals surface area contributed by atoms with Crippen molar-refractivity contribution in [3.63, 3.8) is 0 Å². The number of rotatable bonds is 5. The predicted molar refractivity (Wildman–Crippen MR) is 71.5 cm³/mol. The van der Waals surface area contributed by atoms with Crippen molar-refractivity contribution in [2.75, 3.05) is 7.11 Å². The third kappa shape index (κ3) is 2.92. The first-order valence-electron chi connectivity index (χ1n) is 5.92. The highest BCUT2D eigenvalue weighted by molar-refractivity contribution is 9.10. The average molecular weight is 319 g/mol. The van der Waals surface area contributed by atoms with Gasteiger partial charge in [0.1, 0.15) is 0 Å². The summed E-state index contributed by atoms with van der Waals surface area (Å²) in [5.74, 6) is -0.486. The van der Waals surface area contributed by atoms with Crippen LogP contribution in [0.5, 0.6) is 0 Å². The van der Waals surface area contributed by atoms with Gasteiger partial charge in [-0.1, -0.05) is 13.8 Å². The second-order valence-corrected chi connectivity index (χ2v) is 5.12. The molecule has 0 fully saturated rings. The average Bonchev–Trinajstić information content (AvgIpc) is 2.66. The Morgan fingerprint density at radius 1 is 1.50 bits per heavy atom. The Hall–Kier alpha value is -0.880. The third-order valence-electron chi connectivity index (χ3n) is 3.27. The molecule has 0 saturated heterocycles. The van der Waals surface area contributed by atoms with Crippen LogP contribution >= 0.6 is 15.9 Å². The second kappa shape index (κ2) is 5.84. The monoisotopic (exact) mass is 318 g/mol. The van der Waals surface area contributed by atoms with Crippen molar-refractivity contribution >= 4 is 21.9 Å². The number of nitrogens with zero attached hydrogens (tertiary/aromatic N) is 2. The highest BCUT2D eigenvalue weighted by atomic mass is 79.9. The van der Waals surface area contributed by atoms with Crippen molar-refractivity contribution in [2.24, 2.45) is 0 Å². The summed E-state index contributed by atoms with van der Waals surface area (Å²) in [5, 5.41) is 14.5. The third-order valence-corrected chi connectivity index (χ3v) is 4.22. The fraction of sp³-hybridized carbons (Fsp3) is 0.667. The smallest absolute Gasteiger partial charge is 0.359 e. The van der Waals surface area contributed by atoms with E-state index in [1.165, 1.54) is 7.11 Å². The normalized spacial score (nSPS) is 11.7. The van der Waals surface area contributed by atoms with Gasteiger partial charge >= 0.3 is 5.97 Å². The van der Waals surface area contributed by atoms with Crippen molar-refractivity contribution in [3.05, 3.63) is 15.9 Å². The van der Waals surface area contributed by atoms with Crippen molar-refractivity contribution in [1.29, 1.82) is 0 Å². The number of hydrogen-bond donors (Lipinski definition) is 1. The molecule has 0 aliphatic carbocycles. The van der Waals surface area contributed by atoms with Crippen molar-refractivity contribution in [1.82, 2.24) is 9.78 Å². The summed E-state index contributed by atoms with van der Waals surface area (Å²) in [6.45, 7) is 6.06. The molecule has 1 rings (SSSR count). The molecule has 0 atom stereocenters. The van der Waals surface area contributed by atoms with E-state index in [4.69, 9.17) is 0 Å². The van der Waals surface area contributed by atoms with E-state index in [0.717, 1.165) is 5.69 Å². The van der Waals surface area contributed by atoms with Crippen LogP contribution in [-0.2, 0) is 11.3 Å². The van der Waals surface area contributed by atoms with Gasteiger partial charge in [-0.2, -0.15) is 5.10 Å². The van der Waals surface area contributed by atoms with Crippen LogP contribution in [0.4, 0.5) is 0 Å². The van der Waals surface area contributed by atoms with Crippen LogP contribution in [0.25, 0.3) is 0 Å². The van der Waals surface area contributed by atoms with Gasteiger partial charge in [-0.05, 0) is 35.7 Å². The number of esters is 1. The molecule has 1 N–H and O–H groups in total. The van der Waals surface area contributed by atoms with Gasteiger partial charge in [0, 0.05) is 0 Å². The Morgan fingerprint density at radius 3 is 2.50 bits per heavy atom. The molecule has 102 valence electrons. The molecule has 1 heterocycles. The van der Waals surface area contributed by atoms with Crippen LogP contribution in [0.3, 0.4) is 0 Å². The number of aliphatic hydroxyl groups is 1. The van der Waals surface area contributed by atoms with Crippen LogP contribution in [0.2, 0.25) is 0 Å². The number of ether oxygens (including phenoxy) is 1. The van der Waals surface area contributed by atoms with E-state index in [9.17, 15) is 9.90 Å². The van der Waals surface area contributed by atoms with Crippen LogP contribution in [0.15, 0.2) is 4.47 Å². The fourth-order valence-corrected chi connectivity index (χ4v) is 2.10. The summed E-state index contributed by atoms with van der Waals surface area (Å²) in [7, 11) is 1.32. The molecule has 1 aromatic rings. The summed E-state index contributed by atoms with van der Waals surface area (Å²) in [6, 6.07) is 0. The van der Waals surface area contributed by atoms with Crippen molar-refractivity contribution in [3.8, 4) is 0 Å². The highest BCUT2D eigenvalue weighted by Gasteiger charge is 2.27. The first-order valence-corrected chi connectivity index (χ1v) is 6.71. The molecule has 0 bridgehead atoms. The molecule has 0 radical (unpaired) electrons. The maximum Gasteiger partial charge on any atom is 0.359 e. The lowest BCUT2D eigenvalue weighted by Crippen LogP contribution is -2.33. The molecule has 18 heavy (non-hydrogen) atoms. The molecule has 0 aromatic carbocycles. The van der Waals surface area contributed by atoms with E-state index in [2.05, 4.69) is 25.8 Å². The van der Waals surface area contributed by atoms with Crippen LogP contribution in [0, 0.1) is 6.92 Å². The van der Waals surface area contributed by atoms with Gasteiger partial charge in [-0.15, -0.1) is 0 Å². The number of aromatic nitrogens is 2. The molecule has 6 heteroatoms. The Bertz CT molecular complexity index is 439. The summed E-state index contributed by atoms with van der Waals surface area (Å²) in [5.41, 5.74) is 0.240. The van der Waals surface area contributed by atoms with E-state index in [-0.39, 0.29) is 5.69 Å². The molecular formula is C12H19BrN2O3. The fourth-order valence-electron chi connectivity index (χ4n) is 1.66. The van der Waals surface area contributed by atoms with Gasteiger partial charge in [0.15, 0.2) is 5.69 Å².